The third-order valence-electron chi connectivity index (χ3n) is 3.50. The molecule has 4 nitrogen and oxygen atoms in total. The molecule has 1 aromatic rings. The van der Waals surface area contributed by atoms with E-state index in [2.05, 4.69) is 0 Å². The van der Waals surface area contributed by atoms with Gasteiger partial charge in [-0.15, -0.1) is 0 Å². The topological polar surface area (TPSA) is 49.6 Å². The first-order valence-corrected chi connectivity index (χ1v) is 6.10. The Kier molecular flexibility index (Phi) is 3.71. The summed E-state index contributed by atoms with van der Waals surface area (Å²) in [5, 5.41) is 0. The Labute approximate surface area is 110 Å². The Bertz CT molecular complexity index is 505. The predicted molar refractivity (Wildman–Crippen MR) is 68.8 cm³/mol. The smallest absolute Gasteiger partial charge is 0.256 e. The van der Waals surface area contributed by atoms with Crippen molar-refractivity contribution in [1.82, 2.24) is 9.80 Å². The molecule has 1 saturated heterocycles. The van der Waals surface area contributed by atoms with Gasteiger partial charge in [-0.3, -0.25) is 4.79 Å². The molecule has 2 rings (SSSR count). The minimum atomic E-state index is -1.05. The number of nitrogen functional groups attached to an aromatic ring is 1. The van der Waals surface area contributed by atoms with Gasteiger partial charge >= 0.3 is 0 Å². The van der Waals surface area contributed by atoms with Crippen LogP contribution in [-0.2, 0) is 0 Å². The van der Waals surface area contributed by atoms with Crippen molar-refractivity contribution in [3.63, 3.8) is 0 Å². The molecule has 1 aliphatic rings. The summed E-state index contributed by atoms with van der Waals surface area (Å²) in [5.74, 6) is -2.44. The number of nitrogens with zero attached hydrogens (tertiary/aromatic N) is 2. The van der Waals surface area contributed by atoms with Gasteiger partial charge in [-0.05, 0) is 26.6 Å². The molecule has 6 heteroatoms. The summed E-state index contributed by atoms with van der Waals surface area (Å²) in [5.41, 5.74) is 5.58. The minimum Gasteiger partial charge on any atom is -0.398 e. The number of hydrogen-bond donors (Lipinski definition) is 1. The van der Waals surface area contributed by atoms with E-state index in [0.29, 0.717) is 13.1 Å². The molecule has 1 heterocycles. The van der Waals surface area contributed by atoms with E-state index in [1.54, 1.807) is 4.90 Å². The van der Waals surface area contributed by atoms with Gasteiger partial charge in [0.1, 0.15) is 0 Å². The Balaban J connectivity index is 2.19. The molecule has 0 radical (unpaired) electrons. The van der Waals surface area contributed by atoms with Gasteiger partial charge in [0.05, 0.1) is 5.56 Å². The zero-order valence-electron chi connectivity index (χ0n) is 11.0. The number of anilines is 1. The fourth-order valence-corrected chi connectivity index (χ4v) is 2.27. The number of nitrogens with two attached hydrogens (primary N) is 1. The number of benzene rings is 1. The molecule has 1 amide bonds. The number of amides is 1. The summed E-state index contributed by atoms with van der Waals surface area (Å²) in [6, 6.07) is 2.01. The van der Waals surface area contributed by atoms with Crippen LogP contribution in [0.15, 0.2) is 12.1 Å². The van der Waals surface area contributed by atoms with Gasteiger partial charge in [0, 0.05) is 30.9 Å². The van der Waals surface area contributed by atoms with Crippen LogP contribution >= 0.6 is 0 Å². The van der Waals surface area contributed by atoms with E-state index < -0.39 is 11.6 Å². The highest BCUT2D eigenvalue weighted by Crippen LogP contribution is 2.22. The monoisotopic (exact) mass is 269 g/mol. The number of rotatable bonds is 2. The second kappa shape index (κ2) is 5.13. The van der Waals surface area contributed by atoms with Crippen LogP contribution in [0.25, 0.3) is 0 Å². The number of carbonyl (C=O) groups is 1. The normalized spacial score (nSPS) is 19.2. The zero-order valence-corrected chi connectivity index (χ0v) is 11.0. The molecule has 0 aliphatic carbocycles. The summed E-state index contributed by atoms with van der Waals surface area (Å²) in [6.45, 7) is 1.17. The van der Waals surface area contributed by atoms with E-state index in [9.17, 15) is 13.6 Å². The third kappa shape index (κ3) is 2.68. The molecule has 1 unspecified atom stereocenters. The number of likely N-dealkylation sites (tertiary alicyclic amines) is 1. The second-order valence-corrected chi connectivity index (χ2v) is 5.01. The molecule has 2 N–H and O–H groups in total. The highest BCUT2D eigenvalue weighted by molar-refractivity contribution is 5.99. The molecule has 0 aromatic heterocycles. The second-order valence-electron chi connectivity index (χ2n) is 5.01. The van der Waals surface area contributed by atoms with Crippen molar-refractivity contribution in [2.24, 2.45) is 0 Å². The highest BCUT2D eigenvalue weighted by atomic mass is 19.2. The number of likely N-dealkylation sites (N-methyl/N-ethyl adjacent to an activating group) is 1. The van der Waals surface area contributed by atoms with Crippen LogP contribution in [0.4, 0.5) is 14.5 Å². The fourth-order valence-electron chi connectivity index (χ4n) is 2.27. The molecule has 0 saturated carbocycles. The maximum Gasteiger partial charge on any atom is 0.256 e. The molecule has 1 aromatic carbocycles. The van der Waals surface area contributed by atoms with Crippen molar-refractivity contribution in [2.45, 2.75) is 12.5 Å². The molecular formula is C13H17F2N3O. The van der Waals surface area contributed by atoms with Gasteiger partial charge in [0.2, 0.25) is 0 Å². The lowest BCUT2D eigenvalue weighted by Crippen LogP contribution is -2.34. The van der Waals surface area contributed by atoms with E-state index >= 15 is 0 Å². The molecule has 1 aliphatic heterocycles. The lowest BCUT2D eigenvalue weighted by Gasteiger charge is -2.21. The Morgan fingerprint density at radius 2 is 2.00 bits per heavy atom. The van der Waals surface area contributed by atoms with Crippen LogP contribution in [0, 0.1) is 11.6 Å². The quantitative estimate of drug-likeness (QED) is 0.824. The molecule has 0 spiro atoms. The average Bonchev–Trinajstić information content (AvgIpc) is 2.82. The summed E-state index contributed by atoms with van der Waals surface area (Å²) < 4.78 is 26.2. The Hall–Kier alpha value is -1.69. The molecular weight excluding hydrogens is 252 g/mol. The summed E-state index contributed by atoms with van der Waals surface area (Å²) in [4.78, 5) is 15.9. The summed E-state index contributed by atoms with van der Waals surface area (Å²) in [7, 11) is 3.90. The Morgan fingerprint density at radius 1 is 1.37 bits per heavy atom. The first-order chi connectivity index (χ1) is 8.90. The van der Waals surface area contributed by atoms with Crippen molar-refractivity contribution >= 4 is 11.6 Å². The first kappa shape index (κ1) is 13.7. The average molecular weight is 269 g/mol. The van der Waals surface area contributed by atoms with Crippen molar-refractivity contribution in [3.8, 4) is 0 Å². The van der Waals surface area contributed by atoms with E-state index in [-0.39, 0.29) is 23.2 Å². The van der Waals surface area contributed by atoms with Crippen molar-refractivity contribution < 1.29 is 13.6 Å². The lowest BCUT2D eigenvalue weighted by atomic mass is 10.1. The van der Waals surface area contributed by atoms with Crippen LogP contribution in [0.5, 0.6) is 0 Å². The molecule has 104 valence electrons. The van der Waals surface area contributed by atoms with Crippen LogP contribution in [0.1, 0.15) is 16.8 Å². The van der Waals surface area contributed by atoms with Crippen molar-refractivity contribution in [3.05, 3.63) is 29.3 Å². The predicted octanol–water partition coefficient (Wildman–Crippen LogP) is 1.32. The van der Waals surface area contributed by atoms with E-state index in [0.717, 1.165) is 18.6 Å². The van der Waals surface area contributed by atoms with Crippen LogP contribution < -0.4 is 5.73 Å². The highest BCUT2D eigenvalue weighted by Gasteiger charge is 2.29. The SMILES string of the molecule is CN(C)C1CCN(C(=O)c2cc(F)c(F)cc2N)C1. The maximum absolute atomic E-state index is 13.2. The van der Waals surface area contributed by atoms with Gasteiger partial charge in [0.15, 0.2) is 11.6 Å². The number of halogens is 2. The van der Waals surface area contributed by atoms with Gasteiger partial charge in [0.25, 0.3) is 5.91 Å². The van der Waals surface area contributed by atoms with E-state index in [1.807, 2.05) is 19.0 Å². The molecule has 1 fully saturated rings. The van der Waals surface area contributed by atoms with E-state index in [1.165, 1.54) is 0 Å². The number of carbonyl (C=O) groups excluding carboxylic acids is 1. The van der Waals surface area contributed by atoms with Crippen LogP contribution in [0.2, 0.25) is 0 Å². The molecule has 19 heavy (non-hydrogen) atoms. The lowest BCUT2D eigenvalue weighted by molar-refractivity contribution is 0.0783. The zero-order chi connectivity index (χ0) is 14.2. The van der Waals surface area contributed by atoms with Gasteiger partial charge < -0.3 is 15.5 Å². The Morgan fingerprint density at radius 3 is 2.58 bits per heavy atom. The van der Waals surface area contributed by atoms with Gasteiger partial charge in [-0.25, -0.2) is 8.78 Å². The summed E-state index contributed by atoms with van der Waals surface area (Å²) >= 11 is 0. The third-order valence-corrected chi connectivity index (χ3v) is 3.50. The van der Waals surface area contributed by atoms with Gasteiger partial charge in [-0.1, -0.05) is 0 Å². The largest absolute Gasteiger partial charge is 0.398 e. The van der Waals surface area contributed by atoms with Crippen LogP contribution in [0.3, 0.4) is 0 Å². The van der Waals surface area contributed by atoms with E-state index in [4.69, 9.17) is 5.73 Å². The number of hydrogen-bond acceptors (Lipinski definition) is 3. The first-order valence-electron chi connectivity index (χ1n) is 6.10. The van der Waals surface area contributed by atoms with Crippen molar-refractivity contribution in [2.75, 3.05) is 32.9 Å². The van der Waals surface area contributed by atoms with Gasteiger partial charge in [-0.2, -0.15) is 0 Å². The minimum absolute atomic E-state index is 0.0262. The summed E-state index contributed by atoms with van der Waals surface area (Å²) in [6.07, 6.45) is 0.863. The van der Waals surface area contributed by atoms with Crippen molar-refractivity contribution in [1.29, 1.82) is 0 Å². The maximum atomic E-state index is 13.2. The van der Waals surface area contributed by atoms with Crippen LogP contribution in [-0.4, -0.2) is 48.9 Å². The molecule has 0 bridgehead atoms. The fraction of sp³-hybridized carbons (Fsp3) is 0.462. The standard InChI is InChI=1S/C13H17F2N3O/c1-17(2)8-3-4-18(7-8)13(19)9-5-10(14)11(15)6-12(9)16/h5-6,8H,3-4,7,16H2,1-2H3. The molecule has 1 atom stereocenters.